The normalized spacial score (nSPS) is 19.4. The number of hydrogen-bond donors (Lipinski definition) is 2. The number of benzene rings is 1. The van der Waals surface area contributed by atoms with Crippen LogP contribution in [-0.2, 0) is 11.3 Å². The van der Waals surface area contributed by atoms with E-state index in [9.17, 15) is 0 Å². The van der Waals surface area contributed by atoms with E-state index >= 15 is 0 Å². The molecule has 0 amide bonds. The van der Waals surface area contributed by atoms with E-state index in [0.29, 0.717) is 6.54 Å². The fraction of sp³-hybridized carbons (Fsp3) is 0.562. The quantitative estimate of drug-likeness (QED) is 0.434. The zero-order chi connectivity index (χ0) is 14.9. The Balaban J connectivity index is 0.00000242. The van der Waals surface area contributed by atoms with Gasteiger partial charge in [0.2, 0.25) is 0 Å². The molecule has 1 saturated heterocycles. The summed E-state index contributed by atoms with van der Waals surface area (Å²) in [5.41, 5.74) is 1.21. The lowest BCUT2D eigenvalue weighted by Crippen LogP contribution is -2.48. The average Bonchev–Trinajstić information content (AvgIpc) is 2.51. The van der Waals surface area contributed by atoms with Crippen LogP contribution in [-0.4, -0.2) is 56.8 Å². The van der Waals surface area contributed by atoms with Crippen LogP contribution < -0.4 is 10.6 Å². The maximum absolute atomic E-state index is 5.75. The largest absolute Gasteiger partial charge is 0.374 e. The van der Waals surface area contributed by atoms with Crippen LogP contribution in [0.4, 0.5) is 0 Å². The second-order valence-electron chi connectivity index (χ2n) is 5.32. The van der Waals surface area contributed by atoms with E-state index in [0.717, 1.165) is 38.7 Å². The first-order chi connectivity index (χ1) is 10.3. The summed E-state index contributed by atoms with van der Waals surface area (Å²) in [5, 5.41) is 6.64. The highest BCUT2D eigenvalue weighted by Crippen LogP contribution is 2.02. The van der Waals surface area contributed by atoms with E-state index in [1.165, 1.54) is 5.56 Å². The van der Waals surface area contributed by atoms with E-state index in [1.54, 1.807) is 0 Å². The van der Waals surface area contributed by atoms with Crippen molar-refractivity contribution in [3.63, 3.8) is 0 Å². The maximum Gasteiger partial charge on any atom is 0.191 e. The van der Waals surface area contributed by atoms with Crippen molar-refractivity contribution in [3.8, 4) is 0 Å². The Morgan fingerprint density at radius 3 is 2.77 bits per heavy atom. The first-order valence-electron chi connectivity index (χ1n) is 7.64. The molecule has 1 aromatic rings. The first kappa shape index (κ1) is 19.2. The van der Waals surface area contributed by atoms with Gasteiger partial charge in [0.15, 0.2) is 5.96 Å². The summed E-state index contributed by atoms with van der Waals surface area (Å²) in [4.78, 5) is 6.91. The summed E-state index contributed by atoms with van der Waals surface area (Å²) in [6.07, 6.45) is 0.226. The second kappa shape index (κ2) is 10.8. The second-order valence-corrected chi connectivity index (χ2v) is 5.32. The van der Waals surface area contributed by atoms with Crippen LogP contribution in [0.2, 0.25) is 0 Å². The van der Waals surface area contributed by atoms with Crippen LogP contribution in [0.25, 0.3) is 0 Å². The van der Waals surface area contributed by atoms with Crippen LogP contribution in [0, 0.1) is 0 Å². The van der Waals surface area contributed by atoms with Crippen molar-refractivity contribution in [3.05, 3.63) is 35.9 Å². The van der Waals surface area contributed by atoms with Gasteiger partial charge in [0.1, 0.15) is 0 Å². The zero-order valence-corrected chi connectivity index (χ0v) is 15.7. The number of nitrogens with one attached hydrogen (secondary N) is 2. The molecular formula is C16H27IN4O. The topological polar surface area (TPSA) is 48.9 Å². The molecule has 0 aromatic heterocycles. The van der Waals surface area contributed by atoms with Gasteiger partial charge in [-0.25, -0.2) is 4.99 Å². The van der Waals surface area contributed by atoms with E-state index in [4.69, 9.17) is 4.74 Å². The average molecular weight is 418 g/mol. The number of rotatable bonds is 5. The number of halogens is 1. The van der Waals surface area contributed by atoms with Gasteiger partial charge in [-0.1, -0.05) is 30.3 Å². The third-order valence-corrected chi connectivity index (χ3v) is 3.45. The molecule has 0 saturated carbocycles. The molecule has 124 valence electrons. The summed E-state index contributed by atoms with van der Waals surface area (Å²) in [6.45, 7) is 7.17. The lowest BCUT2D eigenvalue weighted by Gasteiger charge is -2.30. The number of ether oxygens (including phenoxy) is 1. The third kappa shape index (κ3) is 6.93. The highest BCUT2D eigenvalue weighted by Gasteiger charge is 2.17. The third-order valence-electron chi connectivity index (χ3n) is 3.45. The predicted molar refractivity (Wildman–Crippen MR) is 102 cm³/mol. The van der Waals surface area contributed by atoms with Crippen molar-refractivity contribution in [1.82, 2.24) is 15.5 Å². The van der Waals surface area contributed by atoms with Crippen molar-refractivity contribution in [2.24, 2.45) is 4.99 Å². The monoisotopic (exact) mass is 418 g/mol. The summed E-state index contributed by atoms with van der Waals surface area (Å²) >= 11 is 0. The van der Waals surface area contributed by atoms with Gasteiger partial charge in [0.05, 0.1) is 19.3 Å². The van der Waals surface area contributed by atoms with Gasteiger partial charge in [0, 0.05) is 26.2 Å². The Labute approximate surface area is 150 Å². The molecule has 2 N–H and O–H groups in total. The molecule has 1 aliphatic heterocycles. The molecule has 2 rings (SSSR count). The van der Waals surface area contributed by atoms with Gasteiger partial charge in [-0.05, 0) is 19.5 Å². The number of likely N-dealkylation sites (N-methyl/N-ethyl adjacent to an activating group) is 1. The Morgan fingerprint density at radius 1 is 1.32 bits per heavy atom. The first-order valence-corrected chi connectivity index (χ1v) is 7.64. The molecule has 1 unspecified atom stereocenters. The van der Waals surface area contributed by atoms with Crippen LogP contribution in [0.5, 0.6) is 0 Å². The molecule has 0 aliphatic carbocycles. The molecule has 0 bridgehead atoms. The molecule has 6 heteroatoms. The molecular weight excluding hydrogens is 391 g/mol. The summed E-state index contributed by atoms with van der Waals surface area (Å²) in [7, 11) is 2.13. The van der Waals surface area contributed by atoms with Crippen LogP contribution in [0.1, 0.15) is 12.5 Å². The minimum Gasteiger partial charge on any atom is -0.374 e. The van der Waals surface area contributed by atoms with Gasteiger partial charge >= 0.3 is 0 Å². The maximum atomic E-state index is 5.75. The summed E-state index contributed by atoms with van der Waals surface area (Å²) in [5.74, 6) is 0.846. The number of aliphatic imine (C=N–C) groups is 1. The minimum absolute atomic E-state index is 0. The van der Waals surface area contributed by atoms with E-state index < -0.39 is 0 Å². The van der Waals surface area contributed by atoms with E-state index in [1.807, 2.05) is 18.2 Å². The molecule has 1 aliphatic rings. The molecule has 5 nitrogen and oxygen atoms in total. The van der Waals surface area contributed by atoms with E-state index in [-0.39, 0.29) is 30.1 Å². The lowest BCUT2D eigenvalue weighted by atomic mass is 10.2. The number of morpholine rings is 1. The molecule has 1 heterocycles. The fourth-order valence-corrected chi connectivity index (χ4v) is 2.30. The number of hydrogen-bond acceptors (Lipinski definition) is 3. The lowest BCUT2D eigenvalue weighted by molar-refractivity contribution is -0.0161. The molecule has 1 atom stereocenters. The van der Waals surface area contributed by atoms with Crippen LogP contribution in [0.15, 0.2) is 35.3 Å². The standard InChI is InChI=1S/C16H26N4O.HI/c1-3-17-16(18-11-14-7-5-4-6-8-14)19-12-15-13-20(2)9-10-21-15;/h4-8,15H,3,9-13H2,1-2H3,(H2,17,18,19);1H. The summed E-state index contributed by atoms with van der Waals surface area (Å²) in [6, 6.07) is 10.3. The summed E-state index contributed by atoms with van der Waals surface area (Å²) < 4.78 is 5.75. The minimum atomic E-state index is 0. The fourth-order valence-electron chi connectivity index (χ4n) is 2.30. The molecule has 0 spiro atoms. The molecule has 1 aromatic carbocycles. The van der Waals surface area contributed by atoms with Gasteiger partial charge in [-0.2, -0.15) is 0 Å². The van der Waals surface area contributed by atoms with Crippen molar-refractivity contribution >= 4 is 29.9 Å². The van der Waals surface area contributed by atoms with Crippen molar-refractivity contribution in [2.45, 2.75) is 19.6 Å². The Kier molecular flexibility index (Phi) is 9.42. The number of nitrogens with zero attached hydrogens (tertiary/aromatic N) is 2. The molecule has 22 heavy (non-hydrogen) atoms. The molecule has 0 radical (unpaired) electrons. The highest BCUT2D eigenvalue weighted by molar-refractivity contribution is 14.0. The van der Waals surface area contributed by atoms with Crippen molar-refractivity contribution in [1.29, 1.82) is 0 Å². The SMILES string of the molecule is CCNC(=NCc1ccccc1)NCC1CN(C)CCO1.I. The Hall–Kier alpha value is -0.860. The zero-order valence-electron chi connectivity index (χ0n) is 13.4. The highest BCUT2D eigenvalue weighted by atomic mass is 127. The smallest absolute Gasteiger partial charge is 0.191 e. The molecule has 1 fully saturated rings. The Bertz CT molecular complexity index is 441. The van der Waals surface area contributed by atoms with Crippen LogP contribution in [0.3, 0.4) is 0 Å². The predicted octanol–water partition coefficient (Wildman–Crippen LogP) is 1.69. The van der Waals surface area contributed by atoms with Crippen molar-refractivity contribution in [2.75, 3.05) is 39.8 Å². The van der Waals surface area contributed by atoms with E-state index in [2.05, 4.69) is 46.6 Å². The van der Waals surface area contributed by atoms with Gasteiger partial charge in [-0.15, -0.1) is 24.0 Å². The van der Waals surface area contributed by atoms with Gasteiger partial charge < -0.3 is 20.3 Å². The van der Waals surface area contributed by atoms with Gasteiger partial charge in [-0.3, -0.25) is 0 Å². The Morgan fingerprint density at radius 2 is 2.09 bits per heavy atom. The van der Waals surface area contributed by atoms with Crippen LogP contribution >= 0.6 is 24.0 Å². The van der Waals surface area contributed by atoms with Gasteiger partial charge in [0.25, 0.3) is 0 Å². The van der Waals surface area contributed by atoms with Crippen molar-refractivity contribution < 1.29 is 4.74 Å². The number of guanidine groups is 1.